The molecule has 0 bridgehead atoms. The summed E-state index contributed by atoms with van der Waals surface area (Å²) in [6.45, 7) is 6.97. The standard InChI is InChI=1S/C16H33N/c1-4-7-14(3)13-16(17)11-6-9-15(8-5-2)10-12-16/h14-15H,4-13,17H2,1-3H3. The molecule has 1 nitrogen and oxygen atoms in total. The minimum absolute atomic E-state index is 0.164. The Balaban J connectivity index is 2.41. The Morgan fingerprint density at radius 1 is 1.18 bits per heavy atom. The molecule has 0 heterocycles. The van der Waals surface area contributed by atoms with Crippen LogP contribution in [0.3, 0.4) is 0 Å². The molecule has 0 radical (unpaired) electrons. The maximum Gasteiger partial charge on any atom is 0.0157 e. The highest BCUT2D eigenvalue weighted by Crippen LogP contribution is 2.35. The molecule has 1 aliphatic carbocycles. The summed E-state index contributed by atoms with van der Waals surface area (Å²) >= 11 is 0. The van der Waals surface area contributed by atoms with E-state index >= 15 is 0 Å². The van der Waals surface area contributed by atoms with Crippen molar-refractivity contribution in [1.29, 1.82) is 0 Å². The molecule has 1 heteroatoms. The van der Waals surface area contributed by atoms with Gasteiger partial charge in [0.15, 0.2) is 0 Å². The summed E-state index contributed by atoms with van der Waals surface area (Å²) in [5, 5.41) is 0. The Bertz CT molecular complexity index is 202. The summed E-state index contributed by atoms with van der Waals surface area (Å²) < 4.78 is 0. The van der Waals surface area contributed by atoms with Crippen LogP contribution in [-0.4, -0.2) is 5.54 Å². The summed E-state index contributed by atoms with van der Waals surface area (Å²) in [5.41, 5.74) is 6.81. The van der Waals surface area contributed by atoms with Gasteiger partial charge in [-0.3, -0.25) is 0 Å². The number of hydrogen-bond acceptors (Lipinski definition) is 1. The molecule has 1 aliphatic rings. The maximum atomic E-state index is 6.65. The van der Waals surface area contributed by atoms with Gasteiger partial charge in [0.2, 0.25) is 0 Å². The van der Waals surface area contributed by atoms with Crippen molar-refractivity contribution in [3.63, 3.8) is 0 Å². The minimum Gasteiger partial charge on any atom is -0.325 e. The average Bonchev–Trinajstić information content (AvgIpc) is 2.42. The summed E-state index contributed by atoms with van der Waals surface area (Å²) in [5.74, 6) is 1.78. The molecule has 1 rings (SSSR count). The largest absolute Gasteiger partial charge is 0.325 e. The first-order chi connectivity index (χ1) is 8.09. The lowest BCUT2D eigenvalue weighted by Crippen LogP contribution is -2.40. The third-order valence-corrected chi connectivity index (χ3v) is 4.57. The van der Waals surface area contributed by atoms with Gasteiger partial charge < -0.3 is 5.73 Å². The van der Waals surface area contributed by atoms with Gasteiger partial charge in [-0.05, 0) is 37.5 Å². The van der Waals surface area contributed by atoms with E-state index < -0.39 is 0 Å². The highest BCUT2D eigenvalue weighted by atomic mass is 14.7. The smallest absolute Gasteiger partial charge is 0.0157 e. The lowest BCUT2D eigenvalue weighted by molar-refractivity contribution is 0.279. The molecular formula is C16H33N. The van der Waals surface area contributed by atoms with Crippen molar-refractivity contribution in [2.45, 2.75) is 90.5 Å². The fraction of sp³-hybridized carbons (Fsp3) is 1.00. The van der Waals surface area contributed by atoms with E-state index in [1.54, 1.807) is 0 Å². The Hall–Kier alpha value is -0.0400. The van der Waals surface area contributed by atoms with Crippen LogP contribution in [0.4, 0.5) is 0 Å². The van der Waals surface area contributed by atoms with Crippen molar-refractivity contribution in [3.8, 4) is 0 Å². The first-order valence-electron chi connectivity index (χ1n) is 7.88. The van der Waals surface area contributed by atoms with Crippen molar-refractivity contribution in [2.75, 3.05) is 0 Å². The minimum atomic E-state index is 0.164. The molecule has 2 N–H and O–H groups in total. The van der Waals surface area contributed by atoms with Gasteiger partial charge in [0, 0.05) is 5.54 Å². The van der Waals surface area contributed by atoms with E-state index in [0.717, 1.165) is 11.8 Å². The molecule has 3 atom stereocenters. The third kappa shape index (κ3) is 5.42. The highest BCUT2D eigenvalue weighted by Gasteiger charge is 2.30. The second-order valence-corrected chi connectivity index (χ2v) is 6.55. The molecule has 0 aliphatic heterocycles. The van der Waals surface area contributed by atoms with Gasteiger partial charge >= 0.3 is 0 Å². The zero-order valence-electron chi connectivity index (χ0n) is 12.3. The van der Waals surface area contributed by atoms with Gasteiger partial charge in [0.05, 0.1) is 0 Å². The van der Waals surface area contributed by atoms with Crippen LogP contribution < -0.4 is 5.73 Å². The maximum absolute atomic E-state index is 6.65. The SMILES string of the molecule is CCCC(C)CC1(N)CCCC(CCC)CC1. The van der Waals surface area contributed by atoms with Crippen molar-refractivity contribution in [2.24, 2.45) is 17.6 Å². The van der Waals surface area contributed by atoms with E-state index in [2.05, 4.69) is 20.8 Å². The van der Waals surface area contributed by atoms with Crippen LogP contribution in [-0.2, 0) is 0 Å². The number of hydrogen-bond donors (Lipinski definition) is 1. The van der Waals surface area contributed by atoms with Gasteiger partial charge in [-0.2, -0.15) is 0 Å². The van der Waals surface area contributed by atoms with Gasteiger partial charge in [0.25, 0.3) is 0 Å². The molecule has 1 saturated carbocycles. The number of nitrogens with two attached hydrogens (primary N) is 1. The van der Waals surface area contributed by atoms with Crippen molar-refractivity contribution in [1.82, 2.24) is 0 Å². The van der Waals surface area contributed by atoms with E-state index in [4.69, 9.17) is 5.73 Å². The molecule has 0 amide bonds. The Kier molecular flexibility index (Phi) is 6.54. The van der Waals surface area contributed by atoms with Gasteiger partial charge in [-0.1, -0.05) is 59.3 Å². The third-order valence-electron chi connectivity index (χ3n) is 4.57. The second kappa shape index (κ2) is 7.41. The summed E-state index contributed by atoms with van der Waals surface area (Å²) in [6.07, 6.45) is 13.4. The second-order valence-electron chi connectivity index (χ2n) is 6.55. The summed E-state index contributed by atoms with van der Waals surface area (Å²) in [4.78, 5) is 0. The van der Waals surface area contributed by atoms with E-state index in [1.807, 2.05) is 0 Å². The lowest BCUT2D eigenvalue weighted by atomic mass is 9.81. The van der Waals surface area contributed by atoms with Crippen LogP contribution in [0.1, 0.15) is 85.0 Å². The molecular weight excluding hydrogens is 206 g/mol. The predicted octanol–water partition coefficient (Wildman–Crippen LogP) is 4.89. The number of rotatable bonds is 6. The van der Waals surface area contributed by atoms with E-state index in [-0.39, 0.29) is 5.54 Å². The normalized spacial score (nSPS) is 32.1. The lowest BCUT2D eigenvalue weighted by Gasteiger charge is -2.31. The molecule has 17 heavy (non-hydrogen) atoms. The molecule has 0 aromatic heterocycles. The molecule has 0 saturated heterocycles. The molecule has 0 aromatic rings. The van der Waals surface area contributed by atoms with Gasteiger partial charge in [-0.25, -0.2) is 0 Å². The van der Waals surface area contributed by atoms with Crippen LogP contribution >= 0.6 is 0 Å². The van der Waals surface area contributed by atoms with Crippen molar-refractivity contribution >= 4 is 0 Å². The van der Waals surface area contributed by atoms with Crippen LogP contribution in [0.5, 0.6) is 0 Å². The zero-order chi connectivity index (χ0) is 12.7. The van der Waals surface area contributed by atoms with Gasteiger partial charge in [-0.15, -0.1) is 0 Å². The Morgan fingerprint density at radius 3 is 2.59 bits per heavy atom. The molecule has 0 spiro atoms. The summed E-state index contributed by atoms with van der Waals surface area (Å²) in [6, 6.07) is 0. The van der Waals surface area contributed by atoms with Crippen molar-refractivity contribution in [3.05, 3.63) is 0 Å². The van der Waals surface area contributed by atoms with E-state index in [9.17, 15) is 0 Å². The average molecular weight is 239 g/mol. The first-order valence-corrected chi connectivity index (χ1v) is 7.88. The van der Waals surface area contributed by atoms with Crippen LogP contribution in [0.25, 0.3) is 0 Å². The fourth-order valence-corrected chi connectivity index (χ4v) is 3.69. The van der Waals surface area contributed by atoms with Crippen LogP contribution in [0.2, 0.25) is 0 Å². The van der Waals surface area contributed by atoms with Crippen LogP contribution in [0.15, 0.2) is 0 Å². The molecule has 102 valence electrons. The highest BCUT2D eigenvalue weighted by molar-refractivity contribution is 4.89. The monoisotopic (exact) mass is 239 g/mol. The fourth-order valence-electron chi connectivity index (χ4n) is 3.69. The van der Waals surface area contributed by atoms with Crippen molar-refractivity contribution < 1.29 is 0 Å². The zero-order valence-corrected chi connectivity index (χ0v) is 12.3. The predicted molar refractivity (Wildman–Crippen MR) is 77.1 cm³/mol. The first kappa shape index (κ1) is 15.0. The summed E-state index contributed by atoms with van der Waals surface area (Å²) in [7, 11) is 0. The topological polar surface area (TPSA) is 26.0 Å². The quantitative estimate of drug-likeness (QED) is 0.656. The van der Waals surface area contributed by atoms with E-state index in [0.29, 0.717) is 0 Å². The Labute approximate surface area is 109 Å². The molecule has 1 fully saturated rings. The Morgan fingerprint density at radius 2 is 1.94 bits per heavy atom. The molecule has 3 unspecified atom stereocenters. The molecule has 0 aromatic carbocycles. The van der Waals surface area contributed by atoms with Gasteiger partial charge in [0.1, 0.15) is 0 Å². The van der Waals surface area contributed by atoms with Crippen LogP contribution in [0, 0.1) is 11.8 Å². The van der Waals surface area contributed by atoms with E-state index in [1.165, 1.54) is 64.2 Å².